The van der Waals surface area contributed by atoms with Crippen LogP contribution in [0, 0.1) is 0 Å². The molecule has 0 unspecified atom stereocenters. The summed E-state index contributed by atoms with van der Waals surface area (Å²) < 4.78 is 5.22. The zero-order valence-corrected chi connectivity index (χ0v) is 12.5. The van der Waals surface area contributed by atoms with Gasteiger partial charge in [-0.1, -0.05) is 36.4 Å². The lowest BCUT2D eigenvalue weighted by Crippen LogP contribution is -2.29. The summed E-state index contributed by atoms with van der Waals surface area (Å²) >= 11 is 0. The summed E-state index contributed by atoms with van der Waals surface area (Å²) in [6.07, 6.45) is 0. The average molecular weight is 300 g/mol. The van der Waals surface area contributed by atoms with Crippen LogP contribution in [0.2, 0.25) is 0 Å². The number of para-hydroxylation sites is 2. The number of methoxy groups -OCH3 is 1. The topological polar surface area (TPSA) is 70.6 Å². The van der Waals surface area contributed by atoms with Crippen molar-refractivity contribution in [3.63, 3.8) is 0 Å². The molecule has 0 atom stereocenters. The van der Waals surface area contributed by atoms with Gasteiger partial charge >= 0.3 is 0 Å². The molecule has 0 aliphatic carbocycles. The average Bonchev–Trinajstić information content (AvgIpc) is 2.58. The van der Waals surface area contributed by atoms with Gasteiger partial charge in [0.05, 0.1) is 25.9 Å². The first-order valence-electron chi connectivity index (χ1n) is 7.06. The van der Waals surface area contributed by atoms with Crippen molar-refractivity contribution in [3.05, 3.63) is 59.7 Å². The maximum absolute atomic E-state index is 11.9. The Morgan fingerprint density at radius 3 is 2.50 bits per heavy atom. The molecule has 0 bridgehead atoms. The molecule has 22 heavy (non-hydrogen) atoms. The first-order chi connectivity index (χ1) is 10.7. The van der Waals surface area contributed by atoms with Gasteiger partial charge in [-0.05, 0) is 23.3 Å². The van der Waals surface area contributed by atoms with Gasteiger partial charge in [-0.3, -0.25) is 4.79 Å². The molecule has 0 fully saturated rings. The number of rotatable bonds is 7. The van der Waals surface area contributed by atoms with Crippen LogP contribution >= 0.6 is 0 Å². The summed E-state index contributed by atoms with van der Waals surface area (Å²) in [5.74, 6) is 0.569. The molecular formula is C17H20N2O3. The van der Waals surface area contributed by atoms with E-state index >= 15 is 0 Å². The second kappa shape index (κ2) is 8.05. The Balaban J connectivity index is 1.86. The molecule has 2 rings (SSSR count). The van der Waals surface area contributed by atoms with E-state index in [-0.39, 0.29) is 19.1 Å². The third-order valence-electron chi connectivity index (χ3n) is 3.31. The number of aliphatic hydroxyl groups is 1. The number of carbonyl (C=O) groups excluding carboxylic acids is 1. The van der Waals surface area contributed by atoms with Gasteiger partial charge in [0.25, 0.3) is 0 Å². The third-order valence-corrected chi connectivity index (χ3v) is 3.31. The van der Waals surface area contributed by atoms with Crippen molar-refractivity contribution in [1.29, 1.82) is 0 Å². The quantitative estimate of drug-likeness (QED) is 0.730. The summed E-state index contributed by atoms with van der Waals surface area (Å²) in [4.78, 5) is 11.9. The minimum Gasteiger partial charge on any atom is -0.495 e. The van der Waals surface area contributed by atoms with Crippen LogP contribution in [-0.2, 0) is 17.9 Å². The van der Waals surface area contributed by atoms with Crippen molar-refractivity contribution in [2.75, 3.05) is 19.0 Å². The van der Waals surface area contributed by atoms with Gasteiger partial charge in [0.1, 0.15) is 5.75 Å². The zero-order chi connectivity index (χ0) is 15.8. The van der Waals surface area contributed by atoms with Crippen LogP contribution in [0.5, 0.6) is 5.75 Å². The molecule has 0 aliphatic rings. The van der Waals surface area contributed by atoms with Gasteiger partial charge in [0.2, 0.25) is 5.91 Å². The second-order valence-electron chi connectivity index (χ2n) is 4.76. The summed E-state index contributed by atoms with van der Waals surface area (Å²) in [5.41, 5.74) is 2.51. The lowest BCUT2D eigenvalue weighted by Gasteiger charge is -2.12. The fourth-order valence-electron chi connectivity index (χ4n) is 2.11. The number of nitrogens with one attached hydrogen (secondary N) is 2. The molecule has 5 heteroatoms. The van der Waals surface area contributed by atoms with E-state index in [1.165, 1.54) is 0 Å². The lowest BCUT2D eigenvalue weighted by atomic mass is 10.1. The number of anilines is 1. The van der Waals surface area contributed by atoms with Gasteiger partial charge in [-0.2, -0.15) is 0 Å². The Morgan fingerprint density at radius 1 is 1.09 bits per heavy atom. The molecule has 0 aliphatic heterocycles. The molecule has 3 N–H and O–H groups in total. The molecular weight excluding hydrogens is 280 g/mol. The Kier molecular flexibility index (Phi) is 5.80. The summed E-state index contributed by atoms with van der Waals surface area (Å²) in [5, 5.41) is 15.1. The normalized spacial score (nSPS) is 10.1. The Labute approximate surface area is 129 Å². The smallest absolute Gasteiger partial charge is 0.239 e. The molecule has 0 saturated heterocycles. The molecule has 1 amide bonds. The molecule has 2 aromatic carbocycles. The van der Waals surface area contributed by atoms with E-state index in [9.17, 15) is 9.90 Å². The molecule has 0 radical (unpaired) electrons. The van der Waals surface area contributed by atoms with E-state index in [1.807, 2.05) is 48.5 Å². The van der Waals surface area contributed by atoms with Crippen molar-refractivity contribution in [2.24, 2.45) is 0 Å². The summed E-state index contributed by atoms with van der Waals surface area (Å²) in [6, 6.07) is 14.9. The van der Waals surface area contributed by atoms with Crippen molar-refractivity contribution in [1.82, 2.24) is 5.32 Å². The fraction of sp³-hybridized carbons (Fsp3) is 0.235. The number of benzene rings is 2. The van der Waals surface area contributed by atoms with Crippen LogP contribution in [0.15, 0.2) is 48.5 Å². The Bertz CT molecular complexity index is 575. The van der Waals surface area contributed by atoms with Gasteiger partial charge < -0.3 is 20.5 Å². The van der Waals surface area contributed by atoms with Crippen molar-refractivity contribution < 1.29 is 14.6 Å². The predicted octanol–water partition coefficient (Wildman–Crippen LogP) is 1.92. The van der Waals surface area contributed by atoms with Crippen LogP contribution in [0.3, 0.4) is 0 Å². The number of ether oxygens (including phenoxy) is 1. The number of carbonyl (C=O) groups is 1. The Morgan fingerprint density at radius 2 is 1.77 bits per heavy atom. The summed E-state index contributed by atoms with van der Waals surface area (Å²) in [6.45, 7) is 0.510. The number of aliphatic hydroxyl groups excluding tert-OH is 1. The SMILES string of the molecule is COc1ccccc1NCC(=O)NCc1ccccc1CO. The van der Waals surface area contributed by atoms with E-state index in [2.05, 4.69) is 10.6 Å². The van der Waals surface area contributed by atoms with E-state index in [0.29, 0.717) is 12.3 Å². The van der Waals surface area contributed by atoms with Gasteiger partial charge in [0.15, 0.2) is 0 Å². The van der Waals surface area contributed by atoms with Gasteiger partial charge in [-0.15, -0.1) is 0 Å². The molecule has 2 aromatic rings. The van der Waals surface area contributed by atoms with E-state index in [1.54, 1.807) is 7.11 Å². The predicted molar refractivity (Wildman–Crippen MR) is 85.7 cm³/mol. The second-order valence-corrected chi connectivity index (χ2v) is 4.76. The van der Waals surface area contributed by atoms with Crippen LogP contribution < -0.4 is 15.4 Å². The summed E-state index contributed by atoms with van der Waals surface area (Å²) in [7, 11) is 1.59. The fourth-order valence-corrected chi connectivity index (χ4v) is 2.11. The van der Waals surface area contributed by atoms with Gasteiger partial charge in [-0.25, -0.2) is 0 Å². The highest BCUT2D eigenvalue weighted by atomic mass is 16.5. The standard InChI is InChI=1S/C17H20N2O3/c1-22-16-9-5-4-8-15(16)18-11-17(21)19-10-13-6-2-3-7-14(13)12-20/h2-9,18,20H,10-12H2,1H3,(H,19,21). The number of hydrogen-bond donors (Lipinski definition) is 3. The largest absolute Gasteiger partial charge is 0.495 e. The third kappa shape index (κ3) is 4.23. The first-order valence-corrected chi connectivity index (χ1v) is 7.06. The van der Waals surface area contributed by atoms with Gasteiger partial charge in [0, 0.05) is 6.54 Å². The van der Waals surface area contributed by atoms with Crippen LogP contribution in [-0.4, -0.2) is 24.7 Å². The van der Waals surface area contributed by atoms with Crippen molar-refractivity contribution in [3.8, 4) is 5.75 Å². The lowest BCUT2D eigenvalue weighted by molar-refractivity contribution is -0.119. The highest BCUT2D eigenvalue weighted by Gasteiger charge is 2.06. The van der Waals surface area contributed by atoms with Crippen molar-refractivity contribution in [2.45, 2.75) is 13.2 Å². The van der Waals surface area contributed by atoms with E-state index in [0.717, 1.165) is 16.8 Å². The zero-order valence-electron chi connectivity index (χ0n) is 12.5. The Hall–Kier alpha value is -2.53. The minimum absolute atomic E-state index is 0.0362. The highest BCUT2D eigenvalue weighted by Crippen LogP contribution is 2.22. The molecule has 0 aromatic heterocycles. The van der Waals surface area contributed by atoms with Crippen LogP contribution in [0.25, 0.3) is 0 Å². The maximum atomic E-state index is 11.9. The maximum Gasteiger partial charge on any atom is 0.239 e. The monoisotopic (exact) mass is 300 g/mol. The molecule has 5 nitrogen and oxygen atoms in total. The van der Waals surface area contributed by atoms with E-state index < -0.39 is 0 Å². The number of hydrogen-bond acceptors (Lipinski definition) is 4. The molecule has 0 saturated carbocycles. The molecule has 0 heterocycles. The van der Waals surface area contributed by atoms with Crippen LogP contribution in [0.1, 0.15) is 11.1 Å². The molecule has 0 spiro atoms. The first kappa shape index (κ1) is 15.9. The van der Waals surface area contributed by atoms with E-state index in [4.69, 9.17) is 4.74 Å². The number of amides is 1. The van der Waals surface area contributed by atoms with Crippen LogP contribution in [0.4, 0.5) is 5.69 Å². The minimum atomic E-state index is -0.126. The molecule has 116 valence electrons. The van der Waals surface area contributed by atoms with Crippen molar-refractivity contribution >= 4 is 11.6 Å². The highest BCUT2D eigenvalue weighted by molar-refractivity contribution is 5.81.